The number of carboxylic acids is 1. The van der Waals surface area contributed by atoms with E-state index in [1.54, 1.807) is 11.8 Å². The summed E-state index contributed by atoms with van der Waals surface area (Å²) in [4.78, 5) is 22.6. The average Bonchev–Trinajstić information content (AvgIpc) is 3.29. The zero-order valence-electron chi connectivity index (χ0n) is 16.2. The van der Waals surface area contributed by atoms with Crippen LogP contribution in [-0.4, -0.2) is 71.0 Å². The topological polar surface area (TPSA) is 128 Å². The first-order chi connectivity index (χ1) is 14.3. The SMILES string of the molecule is CCO/N=C1\CN(c2nc3c(cc2F)C(O)C(C(=O)O)=CN3N2C[C@@H]2F)CC1CN. The predicted octanol–water partition coefficient (Wildman–Crippen LogP) is 0.356. The Morgan fingerprint density at radius 1 is 1.43 bits per heavy atom. The molecule has 0 aromatic carbocycles. The van der Waals surface area contributed by atoms with E-state index in [1.165, 1.54) is 10.0 Å². The van der Waals surface area contributed by atoms with Crippen molar-refractivity contribution < 1.29 is 28.6 Å². The van der Waals surface area contributed by atoms with Crippen molar-refractivity contribution in [2.24, 2.45) is 16.8 Å². The molecule has 0 radical (unpaired) electrons. The monoisotopic (exact) mass is 424 g/mol. The Kier molecular flexibility index (Phi) is 5.30. The zero-order valence-corrected chi connectivity index (χ0v) is 16.2. The summed E-state index contributed by atoms with van der Waals surface area (Å²) in [7, 11) is 0. The maximum absolute atomic E-state index is 15.0. The van der Waals surface area contributed by atoms with Crippen molar-refractivity contribution >= 4 is 23.3 Å². The lowest BCUT2D eigenvalue weighted by molar-refractivity contribution is -0.133. The van der Waals surface area contributed by atoms with Crippen molar-refractivity contribution in [1.29, 1.82) is 0 Å². The summed E-state index contributed by atoms with van der Waals surface area (Å²) >= 11 is 0. The van der Waals surface area contributed by atoms with Gasteiger partial charge in [-0.3, -0.25) is 5.01 Å². The number of pyridine rings is 1. The summed E-state index contributed by atoms with van der Waals surface area (Å²) in [5.74, 6) is -2.21. The molecule has 4 atom stereocenters. The molecule has 3 aliphatic heterocycles. The number of carbonyl (C=O) groups is 1. The van der Waals surface area contributed by atoms with E-state index in [0.717, 1.165) is 12.3 Å². The number of alkyl halides is 1. The van der Waals surface area contributed by atoms with E-state index in [2.05, 4.69) is 10.1 Å². The van der Waals surface area contributed by atoms with Gasteiger partial charge in [0, 0.05) is 30.8 Å². The molecule has 0 amide bonds. The number of aromatic nitrogens is 1. The quantitative estimate of drug-likeness (QED) is 0.337. The largest absolute Gasteiger partial charge is 0.478 e. The molecule has 2 fully saturated rings. The minimum Gasteiger partial charge on any atom is -0.478 e. The number of halogens is 2. The average molecular weight is 424 g/mol. The third-order valence-electron chi connectivity index (χ3n) is 5.24. The smallest absolute Gasteiger partial charge is 0.336 e. The fourth-order valence-corrected chi connectivity index (χ4v) is 3.60. The fourth-order valence-electron chi connectivity index (χ4n) is 3.60. The molecule has 1 aromatic rings. The van der Waals surface area contributed by atoms with E-state index in [4.69, 9.17) is 10.6 Å². The number of fused-ring (bicyclic) bond motifs is 1. The molecular weight excluding hydrogens is 402 g/mol. The predicted molar refractivity (Wildman–Crippen MR) is 103 cm³/mol. The van der Waals surface area contributed by atoms with Crippen LogP contribution < -0.4 is 15.6 Å². The highest BCUT2D eigenvalue weighted by atomic mass is 19.1. The number of anilines is 2. The Morgan fingerprint density at radius 3 is 2.77 bits per heavy atom. The second kappa shape index (κ2) is 7.78. The van der Waals surface area contributed by atoms with E-state index in [1.807, 2.05) is 0 Å². The van der Waals surface area contributed by atoms with E-state index >= 15 is 0 Å². The van der Waals surface area contributed by atoms with Crippen LogP contribution in [0, 0.1) is 11.7 Å². The molecule has 162 valence electrons. The molecule has 10 nitrogen and oxygen atoms in total. The van der Waals surface area contributed by atoms with Crippen molar-refractivity contribution in [3.05, 3.63) is 29.2 Å². The molecule has 3 unspecified atom stereocenters. The summed E-state index contributed by atoms with van der Waals surface area (Å²) < 4.78 is 28.7. The highest BCUT2D eigenvalue weighted by Gasteiger charge is 2.44. The van der Waals surface area contributed by atoms with Gasteiger partial charge in [0.25, 0.3) is 0 Å². The number of aliphatic hydroxyl groups excluding tert-OH is 1. The fraction of sp³-hybridized carbons (Fsp3) is 0.500. The number of nitrogens with zero attached hydrogens (tertiary/aromatic N) is 5. The Morgan fingerprint density at radius 2 is 2.17 bits per heavy atom. The van der Waals surface area contributed by atoms with E-state index in [0.29, 0.717) is 25.4 Å². The van der Waals surface area contributed by atoms with Crippen LogP contribution in [0.2, 0.25) is 0 Å². The van der Waals surface area contributed by atoms with E-state index in [9.17, 15) is 23.8 Å². The molecule has 0 saturated carbocycles. The maximum Gasteiger partial charge on any atom is 0.336 e. The molecule has 4 rings (SSSR count). The number of aliphatic hydroxyl groups is 1. The number of aliphatic carboxylic acids is 1. The van der Waals surface area contributed by atoms with Crippen LogP contribution in [0.4, 0.5) is 20.4 Å². The molecule has 4 N–H and O–H groups in total. The van der Waals surface area contributed by atoms with Crippen molar-refractivity contribution in [2.45, 2.75) is 19.3 Å². The third kappa shape index (κ3) is 3.46. The van der Waals surface area contributed by atoms with Crippen molar-refractivity contribution in [3.8, 4) is 0 Å². The van der Waals surface area contributed by atoms with Crippen LogP contribution in [0.1, 0.15) is 18.6 Å². The van der Waals surface area contributed by atoms with Crippen LogP contribution >= 0.6 is 0 Å². The number of hydrazine groups is 1. The Hall–Kier alpha value is -2.83. The third-order valence-corrected chi connectivity index (χ3v) is 5.24. The number of rotatable bonds is 6. The number of hydrogen-bond acceptors (Lipinski definition) is 9. The summed E-state index contributed by atoms with van der Waals surface area (Å²) in [6.45, 7) is 3.12. The van der Waals surface area contributed by atoms with Crippen molar-refractivity contribution in [1.82, 2.24) is 9.99 Å². The summed E-state index contributed by atoms with van der Waals surface area (Å²) in [5.41, 5.74) is 6.02. The van der Waals surface area contributed by atoms with Gasteiger partial charge in [0.2, 0.25) is 0 Å². The second-order valence-electron chi connectivity index (χ2n) is 7.21. The van der Waals surface area contributed by atoms with Gasteiger partial charge in [0.05, 0.1) is 24.4 Å². The normalized spacial score (nSPS) is 29.1. The molecular formula is C18H22F2N6O4. The Bertz CT molecular complexity index is 926. The summed E-state index contributed by atoms with van der Waals surface area (Å²) in [5, 5.41) is 26.2. The first-order valence-corrected chi connectivity index (χ1v) is 9.52. The van der Waals surface area contributed by atoms with Crippen LogP contribution in [0.15, 0.2) is 23.0 Å². The molecule has 0 spiro atoms. The first-order valence-electron chi connectivity index (χ1n) is 9.52. The van der Waals surface area contributed by atoms with Gasteiger partial charge in [-0.25, -0.2) is 18.6 Å². The molecule has 30 heavy (non-hydrogen) atoms. The molecule has 2 saturated heterocycles. The van der Waals surface area contributed by atoms with Gasteiger partial charge in [0.15, 0.2) is 23.7 Å². The minimum atomic E-state index is -1.59. The first kappa shape index (κ1) is 20.4. The van der Waals surface area contributed by atoms with Gasteiger partial charge < -0.3 is 25.7 Å². The molecule has 3 aliphatic rings. The molecule has 12 heteroatoms. The zero-order chi connectivity index (χ0) is 21.6. The van der Waals surface area contributed by atoms with E-state index in [-0.39, 0.29) is 36.2 Å². The maximum atomic E-state index is 15.0. The minimum absolute atomic E-state index is 0.0180. The highest BCUT2D eigenvalue weighted by Crippen LogP contribution is 2.41. The van der Waals surface area contributed by atoms with Gasteiger partial charge in [-0.15, -0.1) is 0 Å². The standard InChI is InChI=1S/C18H22F2N6O4/c1-2-30-23-13-7-24(5-9(13)4-21)17-12(19)3-10-15(27)11(18(28)29)6-26(16(10)22-17)25-8-14(25)20/h3,6,9,14-15,27H,2,4-5,7-8,21H2,1H3,(H,28,29)/b23-13+/t9?,14-,15?,25?/m1/s1. The van der Waals surface area contributed by atoms with Crippen LogP contribution in [0.25, 0.3) is 0 Å². The number of hydrogen-bond donors (Lipinski definition) is 3. The molecule has 0 bridgehead atoms. The van der Waals surface area contributed by atoms with Crippen LogP contribution in [0.5, 0.6) is 0 Å². The van der Waals surface area contributed by atoms with Crippen molar-refractivity contribution in [3.63, 3.8) is 0 Å². The Balaban J connectivity index is 1.72. The van der Waals surface area contributed by atoms with Gasteiger partial charge in [-0.05, 0) is 13.0 Å². The highest BCUT2D eigenvalue weighted by molar-refractivity contribution is 5.94. The lowest BCUT2D eigenvalue weighted by Gasteiger charge is -2.31. The van der Waals surface area contributed by atoms with Gasteiger partial charge in [0.1, 0.15) is 12.7 Å². The summed E-state index contributed by atoms with van der Waals surface area (Å²) in [6.07, 6.45) is -1.79. The number of carboxylic acid groups (broad SMARTS) is 1. The van der Waals surface area contributed by atoms with Crippen molar-refractivity contribution in [2.75, 3.05) is 42.7 Å². The second-order valence-corrected chi connectivity index (χ2v) is 7.21. The van der Waals surface area contributed by atoms with Crippen LogP contribution in [-0.2, 0) is 9.63 Å². The number of oxime groups is 1. The summed E-state index contributed by atoms with van der Waals surface area (Å²) in [6, 6.07) is 1.04. The van der Waals surface area contributed by atoms with Gasteiger partial charge in [-0.1, -0.05) is 5.16 Å². The number of nitrogens with two attached hydrogens (primary N) is 1. The lowest BCUT2D eigenvalue weighted by Crippen LogP contribution is -2.34. The molecule has 0 aliphatic carbocycles. The van der Waals surface area contributed by atoms with Gasteiger partial charge in [-0.2, -0.15) is 5.01 Å². The van der Waals surface area contributed by atoms with Gasteiger partial charge >= 0.3 is 5.97 Å². The lowest BCUT2D eigenvalue weighted by atomic mass is 9.99. The van der Waals surface area contributed by atoms with Crippen LogP contribution in [0.3, 0.4) is 0 Å². The Labute approximate surface area is 170 Å². The molecule has 1 aromatic heterocycles. The molecule has 4 heterocycles. The van der Waals surface area contributed by atoms with E-state index < -0.39 is 29.8 Å².